The van der Waals surface area contributed by atoms with Gasteiger partial charge in [-0.2, -0.15) is 47.9 Å². The fourth-order valence-electron chi connectivity index (χ4n) is 5.64. The van der Waals surface area contributed by atoms with Crippen LogP contribution < -0.4 is 4.74 Å². The first-order valence-electron chi connectivity index (χ1n) is 15.1. The number of hydrogen-bond donors (Lipinski definition) is 0. The third-order valence-electron chi connectivity index (χ3n) is 8.09. The molecule has 0 aliphatic carbocycles. The quantitative estimate of drug-likeness (QED) is 0.0511. The molecule has 1 heterocycles. The predicted octanol–water partition coefficient (Wildman–Crippen LogP) is 10.7. The molecule has 1 atom stereocenters. The van der Waals surface area contributed by atoms with Gasteiger partial charge in [0.05, 0.1) is 20.3 Å². The molecule has 1 aliphatic heterocycles. The fourth-order valence-corrected chi connectivity index (χ4v) is 11.6. The second-order valence-corrected chi connectivity index (χ2v) is 17.8. The van der Waals surface area contributed by atoms with Crippen LogP contribution in [-0.4, -0.2) is 60.9 Å². The van der Waals surface area contributed by atoms with Gasteiger partial charge in [0.25, 0.3) is 0 Å². The maximum absolute atomic E-state index is 15.3. The molecule has 0 bridgehead atoms. The Labute approximate surface area is 327 Å². The van der Waals surface area contributed by atoms with Gasteiger partial charge >= 0.3 is 33.4 Å². The first-order chi connectivity index (χ1) is 24.8. The molecule has 4 aromatic rings. The molecule has 0 amide bonds. The van der Waals surface area contributed by atoms with E-state index in [0.29, 0.717) is 25.7 Å². The molecule has 0 N–H and O–H groups in total. The van der Waals surface area contributed by atoms with Gasteiger partial charge in [-0.15, -0.1) is 0 Å². The van der Waals surface area contributed by atoms with E-state index in [2.05, 4.69) is 45.2 Å². The Hall–Kier alpha value is -2.31. The van der Waals surface area contributed by atoms with Crippen molar-refractivity contribution in [3.05, 3.63) is 108 Å². The molecule has 5 rings (SSSR count). The molecule has 0 spiro atoms. The lowest BCUT2D eigenvalue weighted by atomic mass is 9.93. The molecular formula is C34H27F9I2O6S2. The number of fused-ring (bicyclic) bond motifs is 3. The van der Waals surface area contributed by atoms with Crippen molar-refractivity contribution in [3.8, 4) is 16.9 Å². The summed E-state index contributed by atoms with van der Waals surface area (Å²) in [7, 11) is -10.0. The molecule has 19 heteroatoms. The third-order valence-corrected chi connectivity index (χ3v) is 14.3. The van der Waals surface area contributed by atoms with E-state index in [-0.39, 0.29) is 39.0 Å². The molecular weight excluding hydrogens is 993 g/mol. The molecule has 1 aliphatic rings. The lowest BCUT2D eigenvalue weighted by molar-refractivity contribution is -0.382. The summed E-state index contributed by atoms with van der Waals surface area (Å²) in [5.41, 5.74) is 1.11. The predicted molar refractivity (Wildman–Crippen MR) is 195 cm³/mol. The highest BCUT2D eigenvalue weighted by Gasteiger charge is 2.86. The van der Waals surface area contributed by atoms with Crippen molar-refractivity contribution in [3.63, 3.8) is 0 Å². The van der Waals surface area contributed by atoms with Gasteiger partial charge in [-0.25, -0.2) is 3.63 Å². The number of benzene rings is 4. The summed E-state index contributed by atoms with van der Waals surface area (Å²) in [6.07, 6.45) is -7.25. The summed E-state index contributed by atoms with van der Waals surface area (Å²) in [6.45, 7) is 0.321. The second kappa shape index (κ2) is 15.3. The van der Waals surface area contributed by atoms with Crippen LogP contribution in [0.15, 0.2) is 112 Å². The Morgan fingerprint density at radius 2 is 1.17 bits per heavy atom. The zero-order valence-corrected chi connectivity index (χ0v) is 32.9. The zero-order valence-electron chi connectivity index (χ0n) is 27.0. The van der Waals surface area contributed by atoms with Crippen LogP contribution in [0, 0.1) is 0 Å². The van der Waals surface area contributed by atoms with E-state index in [4.69, 9.17) is 17.8 Å². The van der Waals surface area contributed by atoms with E-state index in [1.54, 1.807) is 24.3 Å². The van der Waals surface area contributed by atoms with Gasteiger partial charge in [-0.05, 0) is 76.0 Å². The van der Waals surface area contributed by atoms with E-state index in [1.807, 2.05) is 0 Å². The number of alkyl halides is 11. The minimum absolute atomic E-state index is 0.136. The Bertz CT molecular complexity index is 2030. The van der Waals surface area contributed by atoms with Gasteiger partial charge in [0.15, 0.2) is 0 Å². The van der Waals surface area contributed by atoms with Crippen LogP contribution in [0.3, 0.4) is 0 Å². The van der Waals surface area contributed by atoms with E-state index in [9.17, 15) is 39.2 Å². The first-order valence-corrected chi connectivity index (χ1v) is 21.1. The highest BCUT2D eigenvalue weighted by atomic mass is 127. The largest absolute Gasteiger partial charge is 0.497 e. The van der Waals surface area contributed by atoms with Crippen LogP contribution in [0.5, 0.6) is 5.75 Å². The topological polar surface area (TPSA) is 71.1 Å². The smallest absolute Gasteiger partial charge is 0.460 e. The Morgan fingerprint density at radius 1 is 0.642 bits per heavy atom. The van der Waals surface area contributed by atoms with Gasteiger partial charge in [0.2, 0.25) is 5.79 Å². The van der Waals surface area contributed by atoms with E-state index in [0.717, 1.165) is 0 Å². The van der Waals surface area contributed by atoms with Crippen LogP contribution >= 0.6 is 55.5 Å². The van der Waals surface area contributed by atoms with Crippen molar-refractivity contribution in [2.24, 2.45) is 0 Å². The minimum Gasteiger partial charge on any atom is -0.497 e. The number of methoxy groups -OCH3 is 1. The third kappa shape index (κ3) is 6.93. The van der Waals surface area contributed by atoms with E-state index >= 15 is 8.78 Å². The molecule has 1 unspecified atom stereocenters. The summed E-state index contributed by atoms with van der Waals surface area (Å²) >= 11 is 4.19. The van der Waals surface area contributed by atoms with Crippen LogP contribution in [0.1, 0.15) is 11.1 Å². The van der Waals surface area contributed by atoms with Gasteiger partial charge in [-0.1, -0.05) is 87.6 Å². The zero-order chi connectivity index (χ0) is 39.1. The second-order valence-electron chi connectivity index (χ2n) is 11.2. The summed E-state index contributed by atoms with van der Waals surface area (Å²) in [4.78, 5) is -0.474. The fraction of sp³-hybridized carbons (Fsp3) is 0.294. The van der Waals surface area contributed by atoms with Gasteiger partial charge < -0.3 is 14.2 Å². The SMILES string of the molecule is COc1ccc(C(OCCI)(OCCI)c2ccc3c(c2)-c2ccccc2S3(OS(=O)(=O)C(F)(F)C(F)(F)C(F)(F)C(F)(F)F)c2ccccc2)cc1. The average Bonchev–Trinajstić information content (AvgIpc) is 3.40. The maximum Gasteiger partial charge on any atom is 0.460 e. The van der Waals surface area contributed by atoms with Crippen molar-refractivity contribution in [1.82, 2.24) is 0 Å². The Morgan fingerprint density at radius 3 is 1.72 bits per heavy atom. The van der Waals surface area contributed by atoms with Crippen molar-refractivity contribution < 1.29 is 65.8 Å². The maximum atomic E-state index is 15.3. The molecule has 6 nitrogen and oxygen atoms in total. The average molecular weight is 1020 g/mol. The molecule has 53 heavy (non-hydrogen) atoms. The summed E-state index contributed by atoms with van der Waals surface area (Å²) in [5, 5.41) is -7.09. The molecule has 0 aromatic heterocycles. The van der Waals surface area contributed by atoms with Crippen molar-refractivity contribution in [1.29, 1.82) is 0 Å². The van der Waals surface area contributed by atoms with E-state index in [1.165, 1.54) is 79.9 Å². The highest BCUT2D eigenvalue weighted by molar-refractivity contribution is 14.1. The molecule has 0 fully saturated rings. The lowest BCUT2D eigenvalue weighted by Crippen LogP contribution is -2.63. The van der Waals surface area contributed by atoms with Gasteiger partial charge in [0.1, 0.15) is 5.75 Å². The number of ether oxygens (including phenoxy) is 3. The van der Waals surface area contributed by atoms with Gasteiger partial charge in [0, 0.05) is 34.7 Å². The van der Waals surface area contributed by atoms with E-state index < -0.39 is 49.5 Å². The first kappa shape index (κ1) is 41.8. The lowest BCUT2D eigenvalue weighted by Gasteiger charge is -2.40. The molecule has 0 saturated heterocycles. The van der Waals surface area contributed by atoms with Crippen LogP contribution in [0.2, 0.25) is 0 Å². The monoisotopic (exact) mass is 1020 g/mol. The van der Waals surface area contributed by atoms with Crippen molar-refractivity contribution in [2.75, 3.05) is 29.2 Å². The summed E-state index contributed by atoms with van der Waals surface area (Å²) in [5.74, 6) is -16.1. The van der Waals surface area contributed by atoms with Crippen molar-refractivity contribution in [2.45, 2.75) is 43.7 Å². The number of rotatable bonds is 15. The molecule has 0 saturated carbocycles. The number of hydrogen-bond acceptors (Lipinski definition) is 6. The molecule has 288 valence electrons. The number of halogens is 11. The van der Waals surface area contributed by atoms with Crippen LogP contribution in [0.25, 0.3) is 11.1 Å². The molecule has 0 radical (unpaired) electrons. The van der Waals surface area contributed by atoms with Crippen molar-refractivity contribution >= 4 is 65.6 Å². The summed E-state index contributed by atoms with van der Waals surface area (Å²) < 4.78 is 178. The Balaban J connectivity index is 1.80. The standard InChI is InChI=1S/C34H27F9I2O6S2/c1-48-24-14-11-22(12-15-24)30(49-19-17-44,50-20-18-45)23-13-16-29-27(21-23)26-9-5-6-10-28(26)52(29,25-7-3-2-4-8-25)51-53(46,47)34(42,43)32(37,38)31(35,36)33(39,40)41/h2-16,21H,17-20H2,1H3. The van der Waals surface area contributed by atoms with Crippen LogP contribution in [-0.2, 0) is 29.0 Å². The van der Waals surface area contributed by atoms with Crippen LogP contribution in [0.4, 0.5) is 39.5 Å². The summed E-state index contributed by atoms with van der Waals surface area (Å²) in [6, 6.07) is 23.1. The normalized spacial score (nSPS) is 17.9. The minimum atomic E-state index is -7.50. The molecule has 4 aromatic carbocycles. The van der Waals surface area contributed by atoms with Gasteiger partial charge in [-0.3, -0.25) is 0 Å². The Kier molecular flexibility index (Phi) is 12.1. The highest BCUT2D eigenvalue weighted by Crippen LogP contribution is 2.78.